The summed E-state index contributed by atoms with van der Waals surface area (Å²) in [4.78, 5) is 41.3. The molecule has 5 heterocycles. The summed E-state index contributed by atoms with van der Waals surface area (Å²) < 4.78 is 28.6. The standard InChI is InChI=1S/C23H21F2N7O3S/c24-23(25)5-7-31(8-6-23)21(34)17-4-3-16(36-17)14-10-18(27-13-1-2-13)32-19(28-14)12(11-26-32)9-15-20(33)30-22(35)29-15/h3-4,9-11,13,33H,1-2,5-8H2,(H2,29,30,35)/b12-9+,27-18?. The second kappa shape index (κ2) is 8.36. The second-order valence-corrected chi connectivity index (χ2v) is 10.1. The Bertz CT molecular complexity index is 1650. The average Bonchev–Trinajstić information content (AvgIpc) is 3.22. The molecular formula is C23H21F2N7O3S. The van der Waals surface area contributed by atoms with Crippen molar-refractivity contribution in [2.24, 2.45) is 4.99 Å². The van der Waals surface area contributed by atoms with E-state index in [1.165, 1.54) is 16.2 Å². The molecule has 2 fully saturated rings. The van der Waals surface area contributed by atoms with Crippen LogP contribution in [0, 0.1) is 0 Å². The summed E-state index contributed by atoms with van der Waals surface area (Å²) in [5.41, 5.74) is 1.30. The number of nitrogens with one attached hydrogen (secondary N) is 2. The van der Waals surface area contributed by atoms with E-state index < -0.39 is 11.6 Å². The minimum Gasteiger partial charge on any atom is -0.493 e. The van der Waals surface area contributed by atoms with Crippen LogP contribution in [0.1, 0.15) is 41.0 Å². The van der Waals surface area contributed by atoms with Crippen molar-refractivity contribution < 1.29 is 18.7 Å². The summed E-state index contributed by atoms with van der Waals surface area (Å²) in [6.07, 6.45) is 4.45. The van der Waals surface area contributed by atoms with Gasteiger partial charge < -0.3 is 15.0 Å². The molecule has 1 amide bonds. The fourth-order valence-corrected chi connectivity index (χ4v) is 5.04. The van der Waals surface area contributed by atoms with Gasteiger partial charge in [0.15, 0.2) is 11.1 Å². The molecule has 0 aromatic carbocycles. The van der Waals surface area contributed by atoms with Crippen LogP contribution in [0.25, 0.3) is 22.3 Å². The Morgan fingerprint density at radius 1 is 1.25 bits per heavy atom. The number of fused-ring (bicyclic) bond motifs is 1. The van der Waals surface area contributed by atoms with Gasteiger partial charge in [0.25, 0.3) is 11.8 Å². The summed E-state index contributed by atoms with van der Waals surface area (Å²) in [7, 11) is 0. The Hall–Kier alpha value is -3.87. The average molecular weight is 514 g/mol. The number of aromatic hydroxyl groups is 1. The van der Waals surface area contributed by atoms with Crippen LogP contribution >= 0.6 is 11.3 Å². The number of carbonyl (C=O) groups is 1. The number of piperidine rings is 1. The van der Waals surface area contributed by atoms with Gasteiger partial charge in [-0.1, -0.05) is 0 Å². The van der Waals surface area contributed by atoms with E-state index in [0.717, 1.165) is 17.7 Å². The first-order valence-electron chi connectivity index (χ1n) is 11.5. The van der Waals surface area contributed by atoms with Gasteiger partial charge in [0, 0.05) is 37.2 Å². The minimum absolute atomic E-state index is 0.0246. The van der Waals surface area contributed by atoms with Crippen molar-refractivity contribution in [3.63, 3.8) is 0 Å². The summed E-state index contributed by atoms with van der Waals surface area (Å²) >= 11 is 1.24. The van der Waals surface area contributed by atoms with Crippen LogP contribution < -0.4 is 16.4 Å². The molecule has 0 spiro atoms. The molecule has 0 atom stereocenters. The number of H-pyrrole nitrogens is 2. The zero-order valence-electron chi connectivity index (χ0n) is 18.9. The number of rotatable bonds is 4. The molecule has 13 heteroatoms. The number of halogens is 2. The van der Waals surface area contributed by atoms with Crippen molar-refractivity contribution in [1.29, 1.82) is 0 Å². The third kappa shape index (κ3) is 4.30. The van der Waals surface area contributed by atoms with E-state index in [0.29, 0.717) is 26.9 Å². The number of nitrogens with zero attached hydrogens (tertiary/aromatic N) is 5. The lowest BCUT2D eigenvalue weighted by atomic mass is 10.1. The zero-order chi connectivity index (χ0) is 25.0. The van der Waals surface area contributed by atoms with Crippen molar-refractivity contribution in [2.75, 3.05) is 13.1 Å². The van der Waals surface area contributed by atoms with Crippen LogP contribution in [0.4, 0.5) is 8.78 Å². The van der Waals surface area contributed by atoms with Crippen molar-refractivity contribution in [3.8, 4) is 16.5 Å². The Balaban J connectivity index is 1.40. The normalized spacial score (nSPS) is 18.9. The number of aromatic nitrogens is 5. The van der Waals surface area contributed by atoms with Gasteiger partial charge in [-0.3, -0.25) is 14.8 Å². The number of thiophene rings is 1. The highest BCUT2D eigenvalue weighted by Gasteiger charge is 2.36. The Kier molecular flexibility index (Phi) is 5.25. The van der Waals surface area contributed by atoms with Gasteiger partial charge in [-0.2, -0.15) is 9.61 Å². The Morgan fingerprint density at radius 3 is 2.72 bits per heavy atom. The molecule has 36 heavy (non-hydrogen) atoms. The molecule has 1 saturated heterocycles. The highest BCUT2D eigenvalue weighted by Crippen LogP contribution is 2.31. The molecule has 1 aliphatic carbocycles. The molecule has 1 aliphatic heterocycles. The van der Waals surface area contributed by atoms with Gasteiger partial charge in [-0.15, -0.1) is 11.3 Å². The first-order chi connectivity index (χ1) is 17.3. The number of alkyl halides is 2. The van der Waals surface area contributed by atoms with Gasteiger partial charge in [0.1, 0.15) is 5.69 Å². The summed E-state index contributed by atoms with van der Waals surface area (Å²) in [6, 6.07) is 5.48. The van der Waals surface area contributed by atoms with E-state index in [9.17, 15) is 23.5 Å². The second-order valence-electron chi connectivity index (χ2n) is 8.99. The third-order valence-corrected chi connectivity index (χ3v) is 7.32. The van der Waals surface area contributed by atoms with Gasteiger partial charge >= 0.3 is 5.69 Å². The molecule has 10 nitrogen and oxygen atoms in total. The van der Waals surface area contributed by atoms with Crippen LogP contribution in [-0.2, 0) is 0 Å². The number of aromatic amines is 2. The van der Waals surface area contributed by atoms with E-state index in [2.05, 4.69) is 15.1 Å². The Labute approximate surface area is 205 Å². The molecule has 1 saturated carbocycles. The number of hydrogen-bond acceptors (Lipinski definition) is 7. The maximum absolute atomic E-state index is 13.5. The van der Waals surface area contributed by atoms with Crippen LogP contribution in [-0.4, -0.2) is 65.5 Å². The first-order valence-corrected chi connectivity index (χ1v) is 12.3. The number of amides is 1. The number of hydrogen-bond donors (Lipinski definition) is 3. The predicted octanol–water partition coefficient (Wildman–Crippen LogP) is 1.66. The smallest absolute Gasteiger partial charge is 0.326 e. The van der Waals surface area contributed by atoms with Gasteiger partial charge in [-0.05, 0) is 31.1 Å². The molecule has 0 unspecified atom stereocenters. The largest absolute Gasteiger partial charge is 0.493 e. The van der Waals surface area contributed by atoms with E-state index >= 15 is 0 Å². The van der Waals surface area contributed by atoms with Crippen LogP contribution in [0.2, 0.25) is 0 Å². The first kappa shape index (κ1) is 22.6. The summed E-state index contributed by atoms with van der Waals surface area (Å²) in [5, 5.41) is 14.9. The van der Waals surface area contributed by atoms with Gasteiger partial charge in [-0.25, -0.2) is 18.6 Å². The lowest BCUT2D eigenvalue weighted by molar-refractivity contribution is -0.0493. The molecule has 0 radical (unpaired) electrons. The molecule has 0 bridgehead atoms. The number of carbonyl (C=O) groups excluding carboxylic acids is 1. The highest BCUT2D eigenvalue weighted by molar-refractivity contribution is 7.17. The molecular weight excluding hydrogens is 492 g/mol. The number of likely N-dealkylation sites (tertiary alicyclic amines) is 1. The van der Waals surface area contributed by atoms with Crippen LogP contribution in [0.5, 0.6) is 5.88 Å². The fourth-order valence-electron chi connectivity index (χ4n) is 4.11. The van der Waals surface area contributed by atoms with Crippen LogP contribution in [0.15, 0.2) is 34.2 Å². The fraction of sp³-hybridized carbons (Fsp3) is 0.348. The van der Waals surface area contributed by atoms with Crippen molar-refractivity contribution in [1.82, 2.24) is 29.5 Å². The van der Waals surface area contributed by atoms with Gasteiger partial charge in [0.05, 0.1) is 27.7 Å². The van der Waals surface area contributed by atoms with Crippen molar-refractivity contribution >= 4 is 29.0 Å². The third-order valence-electron chi connectivity index (χ3n) is 6.23. The Morgan fingerprint density at radius 2 is 2.03 bits per heavy atom. The van der Waals surface area contributed by atoms with Crippen molar-refractivity contribution in [2.45, 2.75) is 37.6 Å². The molecule has 2 aliphatic rings. The van der Waals surface area contributed by atoms with Crippen molar-refractivity contribution in [3.05, 3.63) is 56.2 Å². The molecule has 6 rings (SSSR count). The molecule has 4 aromatic rings. The number of imidazole rings is 1. The SMILES string of the molecule is O=C(c1ccc(-c2cc(=NC3CC3)n3nc/c(=C\c4[nH]c(=O)[nH]c4O)c3n2)s1)N1CCC(F)(F)CC1. The lowest BCUT2D eigenvalue weighted by Gasteiger charge is -2.31. The maximum Gasteiger partial charge on any atom is 0.326 e. The summed E-state index contributed by atoms with van der Waals surface area (Å²) in [5.74, 6) is -3.28. The highest BCUT2D eigenvalue weighted by atomic mass is 32.1. The minimum atomic E-state index is -2.72. The summed E-state index contributed by atoms with van der Waals surface area (Å²) in [6.45, 7) is 0.0492. The predicted molar refractivity (Wildman–Crippen MR) is 127 cm³/mol. The van der Waals surface area contributed by atoms with Crippen LogP contribution in [0.3, 0.4) is 0 Å². The molecule has 4 aromatic heterocycles. The zero-order valence-corrected chi connectivity index (χ0v) is 19.7. The van der Waals surface area contributed by atoms with E-state index in [4.69, 9.17) is 9.98 Å². The van der Waals surface area contributed by atoms with Gasteiger partial charge in [0.2, 0.25) is 5.88 Å². The van der Waals surface area contributed by atoms with E-state index in [-0.39, 0.29) is 49.5 Å². The maximum atomic E-state index is 13.5. The topological polar surface area (TPSA) is 132 Å². The molecule has 3 N–H and O–H groups in total. The van der Waals surface area contributed by atoms with E-state index in [1.54, 1.807) is 35.0 Å². The quantitative estimate of drug-likeness (QED) is 0.382. The molecule has 186 valence electrons. The van der Waals surface area contributed by atoms with E-state index in [1.807, 2.05) is 0 Å². The monoisotopic (exact) mass is 513 g/mol. The lowest BCUT2D eigenvalue weighted by Crippen LogP contribution is -2.42.